The molecule has 1 aliphatic heterocycles. The fourth-order valence-electron chi connectivity index (χ4n) is 3.04. The highest BCUT2D eigenvalue weighted by Crippen LogP contribution is 2.32. The molecule has 2 aromatic rings. The molecular weight excluding hydrogens is 443 g/mol. The van der Waals surface area contributed by atoms with E-state index in [1.54, 1.807) is 35.1 Å². The summed E-state index contributed by atoms with van der Waals surface area (Å²) in [5.41, 5.74) is 2.23. The van der Waals surface area contributed by atoms with Gasteiger partial charge in [-0.3, -0.25) is 9.69 Å². The van der Waals surface area contributed by atoms with Gasteiger partial charge in [0.05, 0.1) is 16.7 Å². The molecule has 1 amide bonds. The zero-order valence-corrected chi connectivity index (χ0v) is 19.3. The third kappa shape index (κ3) is 4.72. The molecule has 0 aliphatic carbocycles. The third-order valence-corrected chi connectivity index (χ3v) is 5.84. The van der Waals surface area contributed by atoms with Crippen LogP contribution in [0.2, 0.25) is 10.0 Å². The zero-order valence-electron chi connectivity index (χ0n) is 16.9. The van der Waals surface area contributed by atoms with Crippen molar-refractivity contribution in [2.24, 2.45) is 0 Å². The van der Waals surface area contributed by atoms with Crippen LogP contribution in [-0.2, 0) is 11.4 Å². The molecule has 1 saturated heterocycles. The summed E-state index contributed by atoms with van der Waals surface area (Å²) in [5, 5.41) is 1.48. The minimum absolute atomic E-state index is 0.108. The number of hydrogen-bond donors (Lipinski definition) is 0. The van der Waals surface area contributed by atoms with Gasteiger partial charge in [-0.2, -0.15) is 0 Å². The molecule has 0 N–H and O–H groups in total. The SMILES string of the molecule is CCOc1cc(/C=C2/C(=O)N(CC)C(=S)N2C)ccc1OCc1ccc(Cl)c(Cl)c1. The van der Waals surface area contributed by atoms with Crippen molar-refractivity contribution in [3.63, 3.8) is 0 Å². The van der Waals surface area contributed by atoms with Gasteiger partial charge in [0.1, 0.15) is 12.3 Å². The first-order chi connectivity index (χ1) is 14.3. The second-order valence-electron chi connectivity index (χ2n) is 6.60. The molecule has 0 unspecified atom stereocenters. The van der Waals surface area contributed by atoms with E-state index in [4.69, 9.17) is 44.9 Å². The molecular formula is C22H22Cl2N2O3S. The summed E-state index contributed by atoms with van der Waals surface area (Å²) >= 11 is 17.4. The predicted molar refractivity (Wildman–Crippen MR) is 124 cm³/mol. The Kier molecular flexibility index (Phi) is 7.23. The first-order valence-electron chi connectivity index (χ1n) is 9.50. The number of carbonyl (C=O) groups excluding carboxylic acids is 1. The summed E-state index contributed by atoms with van der Waals surface area (Å²) in [6.45, 7) is 5.13. The molecule has 1 aliphatic rings. The highest BCUT2D eigenvalue weighted by Gasteiger charge is 2.34. The first-order valence-corrected chi connectivity index (χ1v) is 10.7. The molecule has 0 spiro atoms. The number of likely N-dealkylation sites (N-methyl/N-ethyl adjacent to an activating group) is 2. The summed E-state index contributed by atoms with van der Waals surface area (Å²) in [6.07, 6.45) is 1.80. The maximum atomic E-state index is 12.6. The molecule has 1 heterocycles. The van der Waals surface area contributed by atoms with Gasteiger partial charge in [-0.05, 0) is 67.5 Å². The lowest BCUT2D eigenvalue weighted by Gasteiger charge is -2.14. The van der Waals surface area contributed by atoms with Crippen molar-refractivity contribution in [2.45, 2.75) is 20.5 Å². The first kappa shape index (κ1) is 22.4. The molecule has 0 bridgehead atoms. The Morgan fingerprint density at radius 2 is 1.80 bits per heavy atom. The Hall–Kier alpha value is -2.28. The number of benzene rings is 2. The molecule has 0 saturated carbocycles. The van der Waals surface area contributed by atoms with E-state index in [9.17, 15) is 4.79 Å². The molecule has 158 valence electrons. The number of thiocarbonyl (C=S) groups is 1. The van der Waals surface area contributed by atoms with Gasteiger partial charge < -0.3 is 14.4 Å². The number of amides is 1. The Labute approximate surface area is 191 Å². The van der Waals surface area contributed by atoms with E-state index in [0.717, 1.165) is 11.1 Å². The Bertz CT molecular complexity index is 1010. The number of nitrogens with zero attached hydrogens (tertiary/aromatic N) is 2. The van der Waals surface area contributed by atoms with Gasteiger partial charge in [0, 0.05) is 13.6 Å². The lowest BCUT2D eigenvalue weighted by molar-refractivity contribution is -0.122. The van der Waals surface area contributed by atoms with Crippen LogP contribution in [0, 0.1) is 0 Å². The van der Waals surface area contributed by atoms with Gasteiger partial charge in [0.2, 0.25) is 0 Å². The van der Waals surface area contributed by atoms with Gasteiger partial charge in [-0.15, -0.1) is 0 Å². The van der Waals surface area contributed by atoms with Crippen molar-refractivity contribution in [3.8, 4) is 11.5 Å². The second-order valence-corrected chi connectivity index (χ2v) is 7.78. The predicted octanol–water partition coefficient (Wildman–Crippen LogP) is 5.39. The van der Waals surface area contributed by atoms with E-state index in [1.165, 1.54) is 0 Å². The van der Waals surface area contributed by atoms with Gasteiger partial charge in [-0.1, -0.05) is 35.3 Å². The van der Waals surface area contributed by atoms with Gasteiger partial charge >= 0.3 is 0 Å². The van der Waals surface area contributed by atoms with Gasteiger partial charge in [0.25, 0.3) is 5.91 Å². The fraction of sp³-hybridized carbons (Fsp3) is 0.273. The Morgan fingerprint density at radius 3 is 2.43 bits per heavy atom. The van der Waals surface area contributed by atoms with E-state index in [1.807, 2.05) is 38.1 Å². The van der Waals surface area contributed by atoms with Gasteiger partial charge in [0.15, 0.2) is 16.6 Å². The minimum atomic E-state index is -0.108. The minimum Gasteiger partial charge on any atom is -0.490 e. The van der Waals surface area contributed by atoms with Crippen LogP contribution in [0.4, 0.5) is 0 Å². The third-order valence-electron chi connectivity index (χ3n) is 4.61. The lowest BCUT2D eigenvalue weighted by atomic mass is 10.1. The Balaban J connectivity index is 1.83. The topological polar surface area (TPSA) is 42.0 Å². The van der Waals surface area contributed by atoms with E-state index < -0.39 is 0 Å². The maximum Gasteiger partial charge on any atom is 0.276 e. The molecule has 2 aromatic carbocycles. The molecule has 0 aromatic heterocycles. The van der Waals surface area contributed by atoms with E-state index in [2.05, 4.69) is 0 Å². The van der Waals surface area contributed by atoms with Crippen molar-refractivity contribution in [2.75, 3.05) is 20.2 Å². The molecule has 5 nitrogen and oxygen atoms in total. The van der Waals surface area contributed by atoms with Crippen molar-refractivity contribution in [1.29, 1.82) is 0 Å². The molecule has 0 atom stereocenters. The largest absolute Gasteiger partial charge is 0.490 e. The van der Waals surface area contributed by atoms with E-state index in [-0.39, 0.29) is 5.91 Å². The van der Waals surface area contributed by atoms with Crippen LogP contribution in [0.25, 0.3) is 6.08 Å². The highest BCUT2D eigenvalue weighted by atomic mass is 35.5. The number of ether oxygens (including phenoxy) is 2. The molecule has 3 rings (SSSR count). The number of halogens is 2. The summed E-state index contributed by atoms with van der Waals surface area (Å²) in [6, 6.07) is 10.9. The number of carbonyl (C=O) groups is 1. The van der Waals surface area contributed by atoms with Gasteiger partial charge in [-0.25, -0.2) is 0 Å². The maximum absolute atomic E-state index is 12.6. The van der Waals surface area contributed by atoms with Crippen molar-refractivity contribution in [1.82, 2.24) is 9.80 Å². The Morgan fingerprint density at radius 1 is 1.03 bits per heavy atom. The van der Waals surface area contributed by atoms with Crippen molar-refractivity contribution in [3.05, 3.63) is 63.3 Å². The number of rotatable bonds is 7. The molecule has 0 radical (unpaired) electrons. The average molecular weight is 465 g/mol. The van der Waals surface area contributed by atoms with Crippen LogP contribution in [0.15, 0.2) is 42.1 Å². The zero-order chi connectivity index (χ0) is 21.8. The van der Waals surface area contributed by atoms with Crippen molar-refractivity contribution < 1.29 is 14.3 Å². The summed E-state index contributed by atoms with van der Waals surface area (Å²) in [4.78, 5) is 15.9. The standard InChI is InChI=1S/C22H22Cl2N2O3S/c1-4-26-21(27)18(25(3)22(26)30)11-14-7-9-19(20(12-14)28-5-2)29-13-15-6-8-16(23)17(24)10-15/h6-12H,4-5,13H2,1-3H3/b18-11-. The smallest absolute Gasteiger partial charge is 0.276 e. The monoisotopic (exact) mass is 464 g/mol. The van der Waals surface area contributed by atoms with Crippen molar-refractivity contribution >= 4 is 52.5 Å². The molecule has 8 heteroatoms. The lowest BCUT2D eigenvalue weighted by Crippen LogP contribution is -2.30. The average Bonchev–Trinajstić information content (AvgIpc) is 2.93. The van der Waals surface area contributed by atoms with Crippen LogP contribution in [0.3, 0.4) is 0 Å². The molecule has 30 heavy (non-hydrogen) atoms. The highest BCUT2D eigenvalue weighted by molar-refractivity contribution is 7.80. The van der Waals surface area contributed by atoms with Crippen LogP contribution >= 0.6 is 35.4 Å². The number of hydrogen-bond acceptors (Lipinski definition) is 4. The van der Waals surface area contributed by atoms with E-state index in [0.29, 0.717) is 52.1 Å². The fourth-order valence-corrected chi connectivity index (χ4v) is 3.67. The second kappa shape index (κ2) is 9.69. The van der Waals surface area contributed by atoms with E-state index >= 15 is 0 Å². The van der Waals surface area contributed by atoms with Crippen LogP contribution in [0.1, 0.15) is 25.0 Å². The normalized spacial score (nSPS) is 15.3. The van der Waals surface area contributed by atoms with Crippen LogP contribution < -0.4 is 9.47 Å². The van der Waals surface area contributed by atoms with Crippen LogP contribution in [-0.4, -0.2) is 41.0 Å². The summed E-state index contributed by atoms with van der Waals surface area (Å²) in [7, 11) is 1.79. The summed E-state index contributed by atoms with van der Waals surface area (Å²) in [5.74, 6) is 1.08. The summed E-state index contributed by atoms with van der Waals surface area (Å²) < 4.78 is 11.7. The van der Waals surface area contributed by atoms with Crippen LogP contribution in [0.5, 0.6) is 11.5 Å². The molecule has 1 fully saturated rings. The quantitative estimate of drug-likeness (QED) is 0.405.